The number of fused-ring (bicyclic) bond motifs is 1. The number of nitrogens with zero attached hydrogens (tertiary/aromatic N) is 5. The van der Waals surface area contributed by atoms with E-state index in [0.29, 0.717) is 11.1 Å². The molecule has 0 spiro atoms. The maximum absolute atomic E-state index is 13.6. The van der Waals surface area contributed by atoms with Crippen LogP contribution in [0.4, 0.5) is 10.6 Å². The Morgan fingerprint density at radius 1 is 1.15 bits per heavy atom. The molecular weight excluding hydrogens is 534 g/mol. The van der Waals surface area contributed by atoms with Gasteiger partial charge in [-0.2, -0.15) is 5.26 Å². The Kier molecular flexibility index (Phi) is 8.60. The zero-order chi connectivity index (χ0) is 30.0. The monoisotopic (exact) mass is 569 g/mol. The molecule has 1 amide bonds. The second-order valence-corrected chi connectivity index (χ2v) is 13.0. The third-order valence-corrected chi connectivity index (χ3v) is 7.81. The average molecular weight is 570 g/mol. The second-order valence-electron chi connectivity index (χ2n) is 10.8. The SMILES string of the molecule is CCOC(=O)c1cc(C)cnc1CN(C(=O)OC(C)(C)C)c1nn2cc(C(C)(C)C#N)ccc2c1S(=O)(=O)CC. The van der Waals surface area contributed by atoms with E-state index in [0.717, 1.165) is 4.90 Å². The maximum Gasteiger partial charge on any atom is 0.416 e. The normalized spacial score (nSPS) is 12.2. The molecule has 3 heterocycles. The first kappa shape index (κ1) is 30.6. The molecule has 0 bridgehead atoms. The first-order chi connectivity index (χ1) is 18.5. The number of hydrogen-bond donors (Lipinski definition) is 0. The minimum absolute atomic E-state index is 0.134. The highest BCUT2D eigenvalue weighted by Gasteiger charge is 2.35. The van der Waals surface area contributed by atoms with Crippen LogP contribution < -0.4 is 4.90 Å². The van der Waals surface area contributed by atoms with Gasteiger partial charge in [0.2, 0.25) is 0 Å². The number of carbonyl (C=O) groups is 2. The first-order valence-corrected chi connectivity index (χ1v) is 14.5. The summed E-state index contributed by atoms with van der Waals surface area (Å²) in [7, 11) is -3.93. The minimum Gasteiger partial charge on any atom is -0.462 e. The van der Waals surface area contributed by atoms with Gasteiger partial charge in [-0.05, 0) is 71.7 Å². The number of amides is 1. The highest BCUT2D eigenvalue weighted by atomic mass is 32.2. The quantitative estimate of drug-likeness (QED) is 0.351. The van der Waals surface area contributed by atoms with E-state index in [4.69, 9.17) is 9.47 Å². The summed E-state index contributed by atoms with van der Waals surface area (Å²) in [4.78, 5) is 31.7. The average Bonchev–Trinajstić information content (AvgIpc) is 3.26. The smallest absolute Gasteiger partial charge is 0.416 e. The van der Waals surface area contributed by atoms with Gasteiger partial charge in [-0.3, -0.25) is 9.88 Å². The number of anilines is 1. The summed E-state index contributed by atoms with van der Waals surface area (Å²) in [6.07, 6.45) is 2.23. The van der Waals surface area contributed by atoms with Crippen LogP contribution in [0.2, 0.25) is 0 Å². The van der Waals surface area contributed by atoms with Crippen LogP contribution in [0.25, 0.3) is 5.52 Å². The van der Waals surface area contributed by atoms with Crippen molar-refractivity contribution in [3.8, 4) is 6.07 Å². The maximum atomic E-state index is 13.6. The number of rotatable bonds is 8. The third-order valence-electron chi connectivity index (χ3n) is 6.04. The van der Waals surface area contributed by atoms with E-state index in [1.165, 1.54) is 17.6 Å². The van der Waals surface area contributed by atoms with Gasteiger partial charge in [0, 0.05) is 12.4 Å². The lowest BCUT2D eigenvalue weighted by atomic mass is 9.88. The van der Waals surface area contributed by atoms with E-state index in [-0.39, 0.29) is 46.4 Å². The van der Waals surface area contributed by atoms with Crippen LogP contribution in [0.1, 0.15) is 75.6 Å². The Morgan fingerprint density at radius 2 is 1.82 bits per heavy atom. The fourth-order valence-corrected chi connectivity index (χ4v) is 5.07. The molecule has 0 N–H and O–H groups in total. The number of aryl methyl sites for hydroxylation is 1. The van der Waals surface area contributed by atoms with E-state index in [2.05, 4.69) is 16.2 Å². The number of esters is 1. The lowest BCUT2D eigenvalue weighted by molar-refractivity contribution is 0.0517. The molecule has 0 aliphatic rings. The Morgan fingerprint density at radius 3 is 2.40 bits per heavy atom. The summed E-state index contributed by atoms with van der Waals surface area (Å²) in [5, 5.41) is 14.1. The van der Waals surface area contributed by atoms with Crippen LogP contribution >= 0.6 is 0 Å². The fraction of sp³-hybridized carbons (Fsp3) is 0.464. The molecule has 3 aromatic rings. The van der Waals surface area contributed by atoms with Gasteiger partial charge in [-0.25, -0.2) is 22.5 Å². The molecule has 40 heavy (non-hydrogen) atoms. The Balaban J connectivity index is 2.33. The molecule has 0 saturated heterocycles. The standard InChI is InChI=1S/C28H35N5O6S/c1-9-38-25(34)20-13-18(3)14-30-21(20)16-32(26(35)39-27(4,5)6)24-23(40(36,37)10-2)22-12-11-19(15-33(22)31-24)28(7,8)17-29/h11-15H,9-10,16H2,1-8H3. The number of nitriles is 1. The van der Waals surface area contributed by atoms with Gasteiger partial charge < -0.3 is 9.47 Å². The Labute approximate surface area is 234 Å². The van der Waals surface area contributed by atoms with Gasteiger partial charge in [-0.15, -0.1) is 5.10 Å². The Bertz CT molecular complexity index is 1600. The molecule has 0 aliphatic carbocycles. The van der Waals surface area contributed by atoms with Crippen molar-refractivity contribution in [1.82, 2.24) is 14.6 Å². The van der Waals surface area contributed by atoms with Crippen molar-refractivity contribution in [2.24, 2.45) is 0 Å². The van der Waals surface area contributed by atoms with Crippen molar-refractivity contribution in [2.75, 3.05) is 17.3 Å². The van der Waals surface area contributed by atoms with Crippen LogP contribution in [-0.2, 0) is 31.3 Å². The molecule has 214 valence electrons. The molecule has 3 rings (SSSR count). The predicted octanol–water partition coefficient (Wildman–Crippen LogP) is 4.75. The van der Waals surface area contributed by atoms with Gasteiger partial charge in [-0.1, -0.05) is 13.0 Å². The van der Waals surface area contributed by atoms with Crippen LogP contribution in [0.5, 0.6) is 0 Å². The second kappa shape index (κ2) is 11.3. The molecule has 11 nitrogen and oxygen atoms in total. The van der Waals surface area contributed by atoms with E-state index in [1.807, 2.05) is 0 Å². The topological polar surface area (TPSA) is 144 Å². The van der Waals surface area contributed by atoms with Crippen LogP contribution in [0.3, 0.4) is 0 Å². The predicted molar refractivity (Wildman–Crippen MR) is 149 cm³/mol. The Hall–Kier alpha value is -3.98. The van der Waals surface area contributed by atoms with Crippen LogP contribution in [-0.4, -0.2) is 53.0 Å². The molecule has 0 aromatic carbocycles. The third kappa shape index (κ3) is 6.42. The summed E-state index contributed by atoms with van der Waals surface area (Å²) in [6, 6.07) is 7.04. The number of sulfone groups is 1. The van der Waals surface area contributed by atoms with Crippen LogP contribution in [0, 0.1) is 18.3 Å². The van der Waals surface area contributed by atoms with E-state index in [9.17, 15) is 23.3 Å². The molecule has 0 atom stereocenters. The van der Waals surface area contributed by atoms with Gasteiger partial charge in [0.15, 0.2) is 15.7 Å². The fourth-order valence-electron chi connectivity index (χ4n) is 3.87. The zero-order valence-electron chi connectivity index (χ0n) is 24.1. The summed E-state index contributed by atoms with van der Waals surface area (Å²) >= 11 is 0. The number of aromatic nitrogens is 3. The van der Waals surface area contributed by atoms with Gasteiger partial charge >= 0.3 is 12.1 Å². The molecule has 0 radical (unpaired) electrons. The number of ether oxygens (including phenoxy) is 2. The zero-order valence-corrected chi connectivity index (χ0v) is 24.9. The molecule has 3 aromatic heterocycles. The van der Waals surface area contributed by atoms with Crippen molar-refractivity contribution < 1.29 is 27.5 Å². The van der Waals surface area contributed by atoms with Crippen molar-refractivity contribution in [1.29, 1.82) is 5.26 Å². The first-order valence-electron chi connectivity index (χ1n) is 12.8. The molecular formula is C28H35N5O6S. The van der Waals surface area contributed by atoms with E-state index in [1.54, 1.807) is 72.9 Å². The van der Waals surface area contributed by atoms with Crippen molar-refractivity contribution >= 4 is 33.2 Å². The van der Waals surface area contributed by atoms with Gasteiger partial charge in [0.05, 0.1) is 47.2 Å². The lowest BCUT2D eigenvalue weighted by Crippen LogP contribution is -2.38. The minimum atomic E-state index is -3.93. The molecule has 0 fully saturated rings. The lowest BCUT2D eigenvalue weighted by Gasteiger charge is -2.27. The van der Waals surface area contributed by atoms with E-state index >= 15 is 0 Å². The number of hydrogen-bond acceptors (Lipinski definition) is 9. The van der Waals surface area contributed by atoms with Crippen molar-refractivity contribution in [2.45, 2.75) is 77.8 Å². The highest BCUT2D eigenvalue weighted by Crippen LogP contribution is 2.34. The molecule has 12 heteroatoms. The summed E-state index contributed by atoms with van der Waals surface area (Å²) < 4.78 is 39.0. The van der Waals surface area contributed by atoms with Gasteiger partial charge in [0.1, 0.15) is 10.5 Å². The van der Waals surface area contributed by atoms with Crippen molar-refractivity contribution in [3.05, 3.63) is 53.0 Å². The molecule has 0 aliphatic heterocycles. The van der Waals surface area contributed by atoms with Crippen molar-refractivity contribution in [3.63, 3.8) is 0 Å². The molecule has 0 unspecified atom stereocenters. The van der Waals surface area contributed by atoms with E-state index < -0.39 is 32.9 Å². The summed E-state index contributed by atoms with van der Waals surface area (Å²) in [5.41, 5.74) is 0.0406. The largest absolute Gasteiger partial charge is 0.462 e. The van der Waals surface area contributed by atoms with Gasteiger partial charge in [0.25, 0.3) is 0 Å². The summed E-state index contributed by atoms with van der Waals surface area (Å²) in [6.45, 7) is 13.2. The highest BCUT2D eigenvalue weighted by molar-refractivity contribution is 7.91. The molecule has 0 saturated carbocycles. The number of pyridine rings is 2. The van der Waals surface area contributed by atoms with Crippen LogP contribution in [0.15, 0.2) is 35.5 Å². The summed E-state index contributed by atoms with van der Waals surface area (Å²) in [5.74, 6) is -1.07. The number of carbonyl (C=O) groups excluding carboxylic acids is 2.